The summed E-state index contributed by atoms with van der Waals surface area (Å²) in [6.45, 7) is 2.24. The molecule has 0 saturated carbocycles. The van der Waals surface area contributed by atoms with E-state index in [0.29, 0.717) is 6.42 Å². The second-order valence-electron chi connectivity index (χ2n) is 5.18. The van der Waals surface area contributed by atoms with Gasteiger partial charge in [-0.15, -0.1) is 0 Å². The molecular formula is C14H30LiO3S. The van der Waals surface area contributed by atoms with Crippen LogP contribution in [-0.4, -0.2) is 37.6 Å². The van der Waals surface area contributed by atoms with Gasteiger partial charge in [-0.2, -0.15) is 8.42 Å². The van der Waals surface area contributed by atoms with E-state index in [1.165, 1.54) is 57.8 Å². The van der Waals surface area contributed by atoms with Crippen molar-refractivity contribution < 1.29 is 13.0 Å². The van der Waals surface area contributed by atoms with Crippen LogP contribution in [0.25, 0.3) is 0 Å². The summed E-state index contributed by atoms with van der Waals surface area (Å²) in [6.07, 6.45) is 14.5. The van der Waals surface area contributed by atoms with Crippen LogP contribution >= 0.6 is 0 Å². The molecule has 1 N–H and O–H groups in total. The zero-order valence-corrected chi connectivity index (χ0v) is 13.7. The summed E-state index contributed by atoms with van der Waals surface area (Å²) in [4.78, 5) is 0. The molecule has 0 saturated heterocycles. The molecule has 0 aromatic rings. The third kappa shape index (κ3) is 21.0. The summed E-state index contributed by atoms with van der Waals surface area (Å²) in [6, 6.07) is 0. The molecule has 0 heterocycles. The van der Waals surface area contributed by atoms with Gasteiger partial charge in [0.15, 0.2) is 0 Å². The van der Waals surface area contributed by atoms with Crippen LogP contribution in [0.5, 0.6) is 0 Å². The van der Waals surface area contributed by atoms with Gasteiger partial charge in [0.1, 0.15) is 0 Å². The predicted octanol–water partition coefficient (Wildman–Crippen LogP) is 4.19. The largest absolute Gasteiger partial charge is 0.286 e. The van der Waals surface area contributed by atoms with Crippen LogP contribution in [0.4, 0.5) is 0 Å². The van der Waals surface area contributed by atoms with Crippen LogP contribution in [0.2, 0.25) is 0 Å². The van der Waals surface area contributed by atoms with Gasteiger partial charge in [-0.05, 0) is 6.42 Å². The molecule has 0 unspecified atom stereocenters. The van der Waals surface area contributed by atoms with Crippen molar-refractivity contribution >= 4 is 29.0 Å². The molecule has 1 radical (unpaired) electrons. The molecule has 5 heteroatoms. The van der Waals surface area contributed by atoms with Gasteiger partial charge in [0.2, 0.25) is 0 Å². The fraction of sp³-hybridized carbons (Fsp3) is 1.00. The Labute approximate surface area is 131 Å². The third-order valence-electron chi connectivity index (χ3n) is 3.26. The third-order valence-corrected chi connectivity index (χ3v) is 4.06. The first-order valence-electron chi connectivity index (χ1n) is 7.51. The smallest absolute Gasteiger partial charge is 0.264 e. The number of unbranched alkanes of at least 4 members (excludes halogenated alkanes) is 11. The van der Waals surface area contributed by atoms with Crippen molar-refractivity contribution in [3.05, 3.63) is 0 Å². The van der Waals surface area contributed by atoms with Crippen LogP contribution in [0.1, 0.15) is 84.0 Å². The molecule has 0 aliphatic heterocycles. The molecule has 0 atom stereocenters. The van der Waals surface area contributed by atoms with Crippen molar-refractivity contribution in [2.45, 2.75) is 84.0 Å². The van der Waals surface area contributed by atoms with E-state index >= 15 is 0 Å². The van der Waals surface area contributed by atoms with E-state index in [-0.39, 0.29) is 24.6 Å². The van der Waals surface area contributed by atoms with Gasteiger partial charge in [-0.1, -0.05) is 77.6 Å². The molecular weight excluding hydrogens is 255 g/mol. The second kappa shape index (κ2) is 14.9. The number of rotatable bonds is 13. The van der Waals surface area contributed by atoms with Crippen molar-refractivity contribution in [2.75, 3.05) is 5.75 Å². The molecule has 111 valence electrons. The summed E-state index contributed by atoms with van der Waals surface area (Å²) >= 11 is 0. The average molecular weight is 285 g/mol. The summed E-state index contributed by atoms with van der Waals surface area (Å²) in [5, 5.41) is 0. The van der Waals surface area contributed by atoms with Gasteiger partial charge in [0, 0.05) is 18.9 Å². The van der Waals surface area contributed by atoms with Crippen molar-refractivity contribution in [3.63, 3.8) is 0 Å². The Kier molecular flexibility index (Phi) is 17.1. The monoisotopic (exact) mass is 285 g/mol. The minimum absolute atomic E-state index is 0. The van der Waals surface area contributed by atoms with E-state index in [0.717, 1.165) is 12.8 Å². The maximum absolute atomic E-state index is 10.5. The van der Waals surface area contributed by atoms with E-state index in [2.05, 4.69) is 6.92 Å². The van der Waals surface area contributed by atoms with Crippen LogP contribution in [0.3, 0.4) is 0 Å². The SMILES string of the molecule is CCCCCCCCCCCCCCS(=O)(=O)O.[Li]. The Morgan fingerprint density at radius 2 is 1.00 bits per heavy atom. The van der Waals surface area contributed by atoms with Crippen LogP contribution in [-0.2, 0) is 10.1 Å². The van der Waals surface area contributed by atoms with Crippen LogP contribution in [0, 0.1) is 0 Å². The minimum Gasteiger partial charge on any atom is -0.286 e. The Hall–Kier alpha value is 0.507. The first kappa shape index (κ1) is 21.8. The first-order chi connectivity index (χ1) is 8.56. The summed E-state index contributed by atoms with van der Waals surface area (Å²) < 4.78 is 29.5. The van der Waals surface area contributed by atoms with Crippen molar-refractivity contribution in [2.24, 2.45) is 0 Å². The van der Waals surface area contributed by atoms with Crippen molar-refractivity contribution in [3.8, 4) is 0 Å². The molecule has 3 nitrogen and oxygen atoms in total. The Balaban J connectivity index is 0. The molecule has 0 aromatic carbocycles. The molecule has 0 aliphatic rings. The molecule has 0 spiro atoms. The second-order valence-corrected chi connectivity index (χ2v) is 6.75. The van der Waals surface area contributed by atoms with Crippen LogP contribution < -0.4 is 0 Å². The van der Waals surface area contributed by atoms with Crippen molar-refractivity contribution in [1.82, 2.24) is 0 Å². The standard InChI is InChI=1S/C14H30O3S.Li/c1-2-3-4-5-6-7-8-9-10-11-12-13-14-18(15,16)17;/h2-14H2,1H3,(H,15,16,17);. The maximum atomic E-state index is 10.5. The molecule has 0 bridgehead atoms. The molecule has 0 fully saturated rings. The van der Waals surface area contributed by atoms with E-state index < -0.39 is 10.1 Å². The summed E-state index contributed by atoms with van der Waals surface area (Å²) in [5.74, 6) is -0.0789. The van der Waals surface area contributed by atoms with E-state index in [1.807, 2.05) is 0 Å². The average Bonchev–Trinajstić information content (AvgIpc) is 2.29. The van der Waals surface area contributed by atoms with E-state index in [9.17, 15) is 8.42 Å². The van der Waals surface area contributed by atoms with Gasteiger partial charge in [-0.3, -0.25) is 4.55 Å². The number of hydrogen-bond donors (Lipinski definition) is 1. The first-order valence-corrected chi connectivity index (χ1v) is 9.12. The molecule has 19 heavy (non-hydrogen) atoms. The Morgan fingerprint density at radius 3 is 1.32 bits per heavy atom. The maximum Gasteiger partial charge on any atom is 0.264 e. The predicted molar refractivity (Wildman–Crippen MR) is 83.2 cm³/mol. The molecule has 0 aromatic heterocycles. The van der Waals surface area contributed by atoms with E-state index in [1.54, 1.807) is 0 Å². The summed E-state index contributed by atoms with van der Waals surface area (Å²) in [5.41, 5.74) is 0. The van der Waals surface area contributed by atoms with E-state index in [4.69, 9.17) is 4.55 Å². The molecule has 0 aliphatic carbocycles. The zero-order chi connectivity index (χ0) is 13.7. The normalized spacial score (nSPS) is 11.3. The molecule has 0 amide bonds. The topological polar surface area (TPSA) is 54.4 Å². The zero-order valence-electron chi connectivity index (χ0n) is 12.9. The summed E-state index contributed by atoms with van der Waals surface area (Å²) in [7, 11) is -3.74. The van der Waals surface area contributed by atoms with Gasteiger partial charge < -0.3 is 0 Å². The van der Waals surface area contributed by atoms with Gasteiger partial charge in [-0.25, -0.2) is 0 Å². The fourth-order valence-corrected chi connectivity index (χ4v) is 2.69. The van der Waals surface area contributed by atoms with Gasteiger partial charge >= 0.3 is 0 Å². The van der Waals surface area contributed by atoms with Crippen LogP contribution in [0.15, 0.2) is 0 Å². The van der Waals surface area contributed by atoms with Gasteiger partial charge in [0.25, 0.3) is 10.1 Å². The fourth-order valence-electron chi connectivity index (χ4n) is 2.13. The molecule has 0 rings (SSSR count). The Bertz CT molecular complexity index is 266. The number of hydrogen-bond acceptors (Lipinski definition) is 2. The van der Waals surface area contributed by atoms with Gasteiger partial charge in [0.05, 0.1) is 5.75 Å². The quantitative estimate of drug-likeness (QED) is 0.313. The van der Waals surface area contributed by atoms with Crippen molar-refractivity contribution in [1.29, 1.82) is 0 Å². The minimum atomic E-state index is -3.74. The Morgan fingerprint density at radius 1 is 0.684 bits per heavy atom.